The first kappa shape index (κ1) is 20.9. The van der Waals surface area contributed by atoms with Crippen molar-refractivity contribution in [2.45, 2.75) is 26.6 Å². The molecule has 0 saturated heterocycles. The summed E-state index contributed by atoms with van der Waals surface area (Å²) in [6, 6.07) is 6.26. The van der Waals surface area contributed by atoms with Crippen LogP contribution in [0.5, 0.6) is 0 Å². The van der Waals surface area contributed by atoms with E-state index in [2.05, 4.69) is 9.97 Å². The van der Waals surface area contributed by atoms with E-state index in [-0.39, 0.29) is 30.0 Å². The highest BCUT2D eigenvalue weighted by atomic mass is 35.5. The molecule has 0 amide bonds. The Bertz CT molecular complexity index is 1020. The maximum Gasteiger partial charge on any atom is 0.431 e. The SMILES string of the molecule is CCOC(=O)c1c(-c2ccc(Cl)cc2)c(C)c(C(F)(F)F)n1Cc1cncnc1. The quantitative estimate of drug-likeness (QED) is 0.532. The topological polar surface area (TPSA) is 57.0 Å². The van der Waals surface area contributed by atoms with E-state index < -0.39 is 17.8 Å². The average Bonchev–Trinajstić information content (AvgIpc) is 2.95. The number of carbonyl (C=O) groups is 1. The number of esters is 1. The number of nitrogens with zero attached hydrogens (tertiary/aromatic N) is 3. The second-order valence-electron chi connectivity index (χ2n) is 6.26. The number of hydrogen-bond acceptors (Lipinski definition) is 4. The Balaban J connectivity index is 2.32. The van der Waals surface area contributed by atoms with Crippen molar-refractivity contribution in [3.8, 4) is 11.1 Å². The number of halogens is 4. The Morgan fingerprint density at radius 2 is 1.79 bits per heavy atom. The monoisotopic (exact) mass is 423 g/mol. The molecule has 0 saturated carbocycles. The van der Waals surface area contributed by atoms with Gasteiger partial charge in [-0.05, 0) is 37.1 Å². The van der Waals surface area contributed by atoms with Crippen molar-refractivity contribution >= 4 is 17.6 Å². The van der Waals surface area contributed by atoms with Gasteiger partial charge < -0.3 is 9.30 Å². The highest BCUT2D eigenvalue weighted by molar-refractivity contribution is 6.30. The fourth-order valence-corrected chi connectivity index (χ4v) is 3.37. The summed E-state index contributed by atoms with van der Waals surface area (Å²) >= 11 is 5.92. The second kappa shape index (κ2) is 8.24. The minimum atomic E-state index is -4.69. The molecule has 2 aromatic heterocycles. The van der Waals surface area contributed by atoms with E-state index in [4.69, 9.17) is 16.3 Å². The smallest absolute Gasteiger partial charge is 0.431 e. The first-order chi connectivity index (χ1) is 13.7. The zero-order valence-corrected chi connectivity index (χ0v) is 16.4. The van der Waals surface area contributed by atoms with Gasteiger partial charge >= 0.3 is 12.1 Å². The summed E-state index contributed by atoms with van der Waals surface area (Å²) in [6.45, 7) is 2.72. The number of ether oxygens (including phenoxy) is 1. The number of benzene rings is 1. The lowest BCUT2D eigenvalue weighted by atomic mass is 10.0. The summed E-state index contributed by atoms with van der Waals surface area (Å²) in [4.78, 5) is 20.4. The molecule has 0 spiro atoms. The highest BCUT2D eigenvalue weighted by Gasteiger charge is 2.41. The molecule has 0 atom stereocenters. The Hall–Kier alpha value is -2.87. The van der Waals surface area contributed by atoms with Gasteiger partial charge in [-0.1, -0.05) is 23.7 Å². The molecule has 152 valence electrons. The normalized spacial score (nSPS) is 11.5. The molecule has 2 heterocycles. The van der Waals surface area contributed by atoms with Crippen molar-refractivity contribution in [1.82, 2.24) is 14.5 Å². The van der Waals surface area contributed by atoms with Gasteiger partial charge in [0.25, 0.3) is 0 Å². The van der Waals surface area contributed by atoms with Gasteiger partial charge in [-0.3, -0.25) is 0 Å². The number of alkyl halides is 3. The van der Waals surface area contributed by atoms with Crippen molar-refractivity contribution in [1.29, 1.82) is 0 Å². The first-order valence-electron chi connectivity index (χ1n) is 8.71. The van der Waals surface area contributed by atoms with Crippen molar-refractivity contribution in [3.63, 3.8) is 0 Å². The van der Waals surface area contributed by atoms with Gasteiger partial charge in [0, 0.05) is 28.5 Å². The van der Waals surface area contributed by atoms with Gasteiger partial charge in [0.1, 0.15) is 17.7 Å². The molecule has 29 heavy (non-hydrogen) atoms. The third kappa shape index (κ3) is 4.27. The summed E-state index contributed by atoms with van der Waals surface area (Å²) in [5.41, 5.74) is -0.161. The third-order valence-electron chi connectivity index (χ3n) is 4.33. The van der Waals surface area contributed by atoms with Gasteiger partial charge in [-0.25, -0.2) is 14.8 Å². The minimum absolute atomic E-state index is 0.0267. The fourth-order valence-electron chi connectivity index (χ4n) is 3.24. The van der Waals surface area contributed by atoms with Crippen LogP contribution in [0.15, 0.2) is 43.0 Å². The van der Waals surface area contributed by atoms with Gasteiger partial charge in [0.05, 0.1) is 13.2 Å². The molecule has 0 fully saturated rings. The van der Waals surface area contributed by atoms with Crippen LogP contribution in [0.2, 0.25) is 5.02 Å². The molecule has 0 radical (unpaired) electrons. The summed E-state index contributed by atoms with van der Waals surface area (Å²) in [7, 11) is 0. The van der Waals surface area contributed by atoms with Gasteiger partial charge in [0.15, 0.2) is 0 Å². The summed E-state index contributed by atoms with van der Waals surface area (Å²) < 4.78 is 48.0. The standard InChI is InChI=1S/C20H17ClF3N3O2/c1-3-29-19(28)17-16(14-4-6-15(21)7-5-14)12(2)18(20(22,23)24)27(17)10-13-8-25-11-26-9-13/h4-9,11H,3,10H2,1-2H3. The molecule has 3 rings (SSSR count). The Kier molecular flexibility index (Phi) is 5.93. The van der Waals surface area contributed by atoms with E-state index in [9.17, 15) is 18.0 Å². The maximum atomic E-state index is 14.0. The molecule has 3 aromatic rings. The zero-order valence-electron chi connectivity index (χ0n) is 15.6. The van der Waals surface area contributed by atoms with E-state index in [0.29, 0.717) is 16.1 Å². The van der Waals surface area contributed by atoms with Crippen LogP contribution < -0.4 is 0 Å². The van der Waals surface area contributed by atoms with Crippen LogP contribution in [0.3, 0.4) is 0 Å². The predicted molar refractivity (Wildman–Crippen MR) is 102 cm³/mol. The maximum absolute atomic E-state index is 14.0. The van der Waals surface area contributed by atoms with E-state index in [1.165, 1.54) is 25.6 Å². The van der Waals surface area contributed by atoms with Crippen LogP contribution in [0, 0.1) is 6.92 Å². The zero-order chi connectivity index (χ0) is 21.2. The molecule has 5 nitrogen and oxygen atoms in total. The largest absolute Gasteiger partial charge is 0.461 e. The number of aromatic nitrogens is 3. The second-order valence-corrected chi connectivity index (χ2v) is 6.69. The molecule has 0 aliphatic carbocycles. The molecular formula is C20H17ClF3N3O2. The number of rotatable bonds is 5. The Morgan fingerprint density at radius 1 is 1.17 bits per heavy atom. The lowest BCUT2D eigenvalue weighted by molar-refractivity contribution is -0.143. The summed E-state index contributed by atoms with van der Waals surface area (Å²) in [5.74, 6) is -0.840. The molecule has 0 unspecified atom stereocenters. The minimum Gasteiger partial charge on any atom is -0.461 e. The van der Waals surface area contributed by atoms with Crippen molar-refractivity contribution in [2.75, 3.05) is 6.61 Å². The fraction of sp³-hybridized carbons (Fsp3) is 0.250. The van der Waals surface area contributed by atoms with Crippen LogP contribution in [0.1, 0.15) is 34.2 Å². The van der Waals surface area contributed by atoms with Gasteiger partial charge in [0.2, 0.25) is 0 Å². The molecule has 0 aliphatic rings. The van der Waals surface area contributed by atoms with Gasteiger partial charge in [-0.15, -0.1) is 0 Å². The van der Waals surface area contributed by atoms with Crippen molar-refractivity contribution in [2.24, 2.45) is 0 Å². The molecular weight excluding hydrogens is 407 g/mol. The van der Waals surface area contributed by atoms with Crippen molar-refractivity contribution in [3.05, 3.63) is 70.5 Å². The van der Waals surface area contributed by atoms with Gasteiger partial charge in [-0.2, -0.15) is 13.2 Å². The molecule has 0 bridgehead atoms. The Morgan fingerprint density at radius 3 is 2.34 bits per heavy atom. The van der Waals surface area contributed by atoms with Crippen LogP contribution in [0.25, 0.3) is 11.1 Å². The van der Waals surface area contributed by atoms with E-state index >= 15 is 0 Å². The van der Waals surface area contributed by atoms with Crippen LogP contribution >= 0.6 is 11.6 Å². The van der Waals surface area contributed by atoms with Crippen molar-refractivity contribution < 1.29 is 22.7 Å². The van der Waals surface area contributed by atoms with E-state index in [0.717, 1.165) is 4.57 Å². The van der Waals surface area contributed by atoms with Crippen LogP contribution in [-0.2, 0) is 17.5 Å². The molecule has 0 aliphatic heterocycles. The highest BCUT2D eigenvalue weighted by Crippen LogP contribution is 2.41. The third-order valence-corrected chi connectivity index (χ3v) is 4.58. The summed E-state index contributed by atoms with van der Waals surface area (Å²) in [5, 5.41) is 0.431. The molecule has 9 heteroatoms. The van der Waals surface area contributed by atoms with E-state index in [1.54, 1.807) is 31.2 Å². The van der Waals surface area contributed by atoms with Crippen LogP contribution in [0.4, 0.5) is 13.2 Å². The average molecular weight is 424 g/mol. The number of hydrogen-bond donors (Lipinski definition) is 0. The lowest BCUT2D eigenvalue weighted by Gasteiger charge is -2.15. The molecule has 0 N–H and O–H groups in total. The number of carbonyl (C=O) groups excluding carboxylic acids is 1. The predicted octanol–water partition coefficient (Wildman–Crippen LogP) is 5.15. The Labute approximate surface area is 170 Å². The molecule has 1 aromatic carbocycles. The first-order valence-corrected chi connectivity index (χ1v) is 9.09. The van der Waals surface area contributed by atoms with E-state index in [1.807, 2.05) is 0 Å². The lowest BCUT2D eigenvalue weighted by Crippen LogP contribution is -2.20. The van der Waals surface area contributed by atoms with Crippen LogP contribution in [-0.4, -0.2) is 27.1 Å². The summed E-state index contributed by atoms with van der Waals surface area (Å²) in [6.07, 6.45) is -0.606.